The van der Waals surface area contributed by atoms with Gasteiger partial charge in [-0.25, -0.2) is 0 Å². The molecule has 0 bridgehead atoms. The number of aliphatic hydroxyl groups is 1. The number of hydrogen-bond acceptors (Lipinski definition) is 6. The number of ether oxygens (including phenoxy) is 2. The van der Waals surface area contributed by atoms with E-state index in [0.29, 0.717) is 17.7 Å². The highest BCUT2D eigenvalue weighted by Gasteiger charge is 2.19. The number of nitrogens with one attached hydrogen (secondary N) is 1. The highest BCUT2D eigenvalue weighted by Crippen LogP contribution is 2.35. The first kappa shape index (κ1) is 19.3. The molecule has 0 heterocycles. The second-order valence-electron chi connectivity index (χ2n) is 4.80. The van der Waals surface area contributed by atoms with Crippen LogP contribution >= 0.6 is 0 Å². The van der Waals surface area contributed by atoms with Crippen molar-refractivity contribution in [1.82, 2.24) is 5.32 Å². The largest absolute Gasteiger partial charge is 0.493 e. The van der Waals surface area contributed by atoms with Crippen molar-refractivity contribution in [3.8, 4) is 23.8 Å². The van der Waals surface area contributed by atoms with Crippen LogP contribution in [0.1, 0.15) is 18.4 Å². The van der Waals surface area contributed by atoms with E-state index in [9.17, 15) is 14.9 Å². The Labute approximate surface area is 139 Å². The van der Waals surface area contributed by atoms with E-state index in [0.717, 1.165) is 0 Å². The third-order valence-electron chi connectivity index (χ3n) is 3.14. The van der Waals surface area contributed by atoms with Crippen molar-refractivity contribution in [2.45, 2.75) is 19.3 Å². The van der Waals surface area contributed by atoms with Crippen molar-refractivity contribution in [2.75, 3.05) is 26.9 Å². The van der Waals surface area contributed by atoms with Crippen LogP contribution < -0.4 is 14.8 Å². The van der Waals surface area contributed by atoms with Gasteiger partial charge in [-0.1, -0.05) is 5.92 Å². The third kappa shape index (κ3) is 5.78. The molecule has 0 atom stereocenters. The summed E-state index contributed by atoms with van der Waals surface area (Å²) in [6, 6.07) is 2.74. The Bertz CT molecular complexity index is 624. The van der Waals surface area contributed by atoms with Crippen LogP contribution in [0.3, 0.4) is 0 Å². The maximum absolute atomic E-state index is 11.4. The number of amides is 1. The molecule has 130 valence electrons. The molecule has 24 heavy (non-hydrogen) atoms. The van der Waals surface area contributed by atoms with Crippen LogP contribution in [0.4, 0.5) is 5.69 Å². The van der Waals surface area contributed by atoms with Crippen LogP contribution in [0.15, 0.2) is 12.1 Å². The molecule has 0 aliphatic carbocycles. The van der Waals surface area contributed by atoms with Crippen molar-refractivity contribution in [3.63, 3.8) is 0 Å². The van der Waals surface area contributed by atoms with Crippen LogP contribution in [-0.2, 0) is 11.2 Å². The molecule has 8 heteroatoms. The summed E-state index contributed by atoms with van der Waals surface area (Å²) in [5, 5.41) is 22.7. The van der Waals surface area contributed by atoms with E-state index in [-0.39, 0.29) is 49.9 Å². The number of methoxy groups -OCH3 is 1. The highest BCUT2D eigenvalue weighted by atomic mass is 16.6. The van der Waals surface area contributed by atoms with E-state index in [4.69, 9.17) is 21.0 Å². The van der Waals surface area contributed by atoms with Crippen LogP contribution in [-0.4, -0.2) is 42.8 Å². The Morgan fingerprint density at radius 3 is 2.79 bits per heavy atom. The molecule has 0 aromatic heterocycles. The van der Waals surface area contributed by atoms with Crippen molar-refractivity contribution < 1.29 is 24.3 Å². The lowest BCUT2D eigenvalue weighted by atomic mass is 10.1. The second-order valence-corrected chi connectivity index (χ2v) is 4.80. The summed E-state index contributed by atoms with van der Waals surface area (Å²) in [6.07, 6.45) is 5.83. The van der Waals surface area contributed by atoms with E-state index in [1.165, 1.54) is 19.2 Å². The van der Waals surface area contributed by atoms with Gasteiger partial charge in [-0.3, -0.25) is 14.9 Å². The van der Waals surface area contributed by atoms with Gasteiger partial charge in [-0.05, 0) is 12.5 Å². The summed E-state index contributed by atoms with van der Waals surface area (Å²) in [5.41, 5.74) is 0.215. The van der Waals surface area contributed by atoms with Crippen molar-refractivity contribution in [3.05, 3.63) is 27.8 Å². The number of hydrogen-bond donors (Lipinski definition) is 2. The van der Waals surface area contributed by atoms with E-state index in [1.54, 1.807) is 0 Å². The predicted octanol–water partition coefficient (Wildman–Crippen LogP) is 1.05. The fraction of sp³-hybridized carbons (Fsp3) is 0.438. The first-order chi connectivity index (χ1) is 11.5. The molecule has 1 amide bonds. The van der Waals surface area contributed by atoms with Gasteiger partial charge in [0.25, 0.3) is 5.69 Å². The zero-order valence-electron chi connectivity index (χ0n) is 13.4. The monoisotopic (exact) mass is 336 g/mol. The molecule has 1 rings (SSSR count). The Balaban J connectivity index is 2.73. The number of nitro groups is 1. The Kier molecular flexibility index (Phi) is 8.08. The van der Waals surface area contributed by atoms with Gasteiger partial charge in [0.15, 0.2) is 11.5 Å². The minimum absolute atomic E-state index is 0.141. The summed E-state index contributed by atoms with van der Waals surface area (Å²) in [6.45, 7) is 0.152. The van der Waals surface area contributed by atoms with E-state index in [1.807, 2.05) is 0 Å². The number of benzene rings is 1. The molecule has 0 aliphatic heterocycles. The Morgan fingerprint density at radius 2 is 2.21 bits per heavy atom. The van der Waals surface area contributed by atoms with Gasteiger partial charge < -0.3 is 19.9 Å². The second kappa shape index (κ2) is 10.1. The number of terminal acetylenes is 1. The lowest BCUT2D eigenvalue weighted by Gasteiger charge is -2.12. The minimum atomic E-state index is -0.537. The molecule has 0 saturated carbocycles. The molecule has 0 unspecified atom stereocenters. The molecule has 2 N–H and O–H groups in total. The Hall–Kier alpha value is -2.79. The van der Waals surface area contributed by atoms with Crippen LogP contribution in [0.25, 0.3) is 0 Å². The van der Waals surface area contributed by atoms with Crippen LogP contribution in [0, 0.1) is 22.5 Å². The van der Waals surface area contributed by atoms with Gasteiger partial charge in [0.1, 0.15) is 0 Å². The molecule has 8 nitrogen and oxygen atoms in total. The fourth-order valence-electron chi connectivity index (χ4n) is 2.01. The first-order valence-electron chi connectivity index (χ1n) is 7.32. The number of rotatable bonds is 10. The number of aliphatic hydroxyl groups excluding tert-OH is 1. The Morgan fingerprint density at radius 1 is 1.46 bits per heavy atom. The normalized spacial score (nSPS) is 9.88. The highest BCUT2D eigenvalue weighted by molar-refractivity contribution is 5.76. The zero-order valence-corrected chi connectivity index (χ0v) is 13.4. The number of nitrogens with zero attached hydrogens (tertiary/aromatic N) is 1. The summed E-state index contributed by atoms with van der Waals surface area (Å²) < 4.78 is 10.7. The van der Waals surface area contributed by atoms with E-state index in [2.05, 4.69) is 11.2 Å². The maximum Gasteiger partial charge on any atom is 0.276 e. The van der Waals surface area contributed by atoms with Gasteiger partial charge >= 0.3 is 0 Å². The maximum atomic E-state index is 11.4. The fourth-order valence-corrected chi connectivity index (χ4v) is 2.01. The van der Waals surface area contributed by atoms with Crippen molar-refractivity contribution >= 4 is 11.6 Å². The number of carbonyl (C=O) groups is 1. The standard InChI is InChI=1S/C16H20N2O6/c1-3-7-17-16(20)5-4-9-24-15-11-13(18(21)22)12(6-8-19)10-14(15)23-2/h1,10-11,19H,4-9H2,2H3,(H,17,20). The summed E-state index contributed by atoms with van der Waals surface area (Å²) in [5.74, 6) is 2.67. The molecule has 1 aromatic rings. The molecular weight excluding hydrogens is 316 g/mol. The average molecular weight is 336 g/mol. The number of carbonyl (C=O) groups excluding carboxylic acids is 1. The van der Waals surface area contributed by atoms with Crippen LogP contribution in [0.2, 0.25) is 0 Å². The molecule has 0 radical (unpaired) electrons. The SMILES string of the molecule is C#CCNC(=O)CCCOc1cc([N+](=O)[O-])c(CCO)cc1OC. The summed E-state index contributed by atoms with van der Waals surface area (Å²) >= 11 is 0. The van der Waals surface area contributed by atoms with Gasteiger partial charge in [0.2, 0.25) is 5.91 Å². The molecule has 0 saturated heterocycles. The average Bonchev–Trinajstić information content (AvgIpc) is 2.57. The van der Waals surface area contributed by atoms with Gasteiger partial charge in [-0.15, -0.1) is 6.42 Å². The zero-order chi connectivity index (χ0) is 17.9. The quantitative estimate of drug-likeness (QED) is 0.286. The van der Waals surface area contributed by atoms with E-state index >= 15 is 0 Å². The molecule has 0 aliphatic rings. The third-order valence-corrected chi connectivity index (χ3v) is 3.14. The lowest BCUT2D eigenvalue weighted by Crippen LogP contribution is -2.23. The van der Waals surface area contributed by atoms with Crippen LogP contribution in [0.5, 0.6) is 11.5 Å². The molecule has 0 fully saturated rings. The summed E-state index contributed by atoms with van der Waals surface area (Å²) in [7, 11) is 1.42. The summed E-state index contributed by atoms with van der Waals surface area (Å²) in [4.78, 5) is 22.0. The van der Waals surface area contributed by atoms with Crippen molar-refractivity contribution in [2.24, 2.45) is 0 Å². The van der Waals surface area contributed by atoms with Gasteiger partial charge in [-0.2, -0.15) is 0 Å². The molecule has 1 aromatic carbocycles. The van der Waals surface area contributed by atoms with Gasteiger partial charge in [0, 0.05) is 25.0 Å². The molecule has 0 spiro atoms. The molecular formula is C16H20N2O6. The minimum Gasteiger partial charge on any atom is -0.493 e. The van der Waals surface area contributed by atoms with E-state index < -0.39 is 4.92 Å². The predicted molar refractivity (Wildman–Crippen MR) is 87.0 cm³/mol. The van der Waals surface area contributed by atoms with Gasteiger partial charge in [0.05, 0.1) is 31.3 Å². The topological polar surface area (TPSA) is 111 Å². The number of nitro benzene ring substituents is 1. The van der Waals surface area contributed by atoms with Crippen molar-refractivity contribution in [1.29, 1.82) is 0 Å². The smallest absolute Gasteiger partial charge is 0.276 e. The lowest BCUT2D eigenvalue weighted by molar-refractivity contribution is -0.385. The first-order valence-corrected chi connectivity index (χ1v) is 7.32.